The number of anilines is 1. The summed E-state index contributed by atoms with van der Waals surface area (Å²) in [6.07, 6.45) is -10.3. The predicted octanol–water partition coefficient (Wildman–Crippen LogP) is 5.25. The number of benzene rings is 1. The van der Waals surface area contributed by atoms with Crippen molar-refractivity contribution in [2.24, 2.45) is 0 Å². The van der Waals surface area contributed by atoms with Crippen molar-refractivity contribution in [3.05, 3.63) is 47.5 Å². The van der Waals surface area contributed by atoms with E-state index in [9.17, 15) is 44.7 Å². The smallest absolute Gasteiger partial charge is 0.426 e. The second kappa shape index (κ2) is 11.5. The van der Waals surface area contributed by atoms with Gasteiger partial charge in [-0.25, -0.2) is 23.1 Å². The van der Waals surface area contributed by atoms with E-state index < -0.39 is 76.4 Å². The quantitative estimate of drug-likeness (QED) is 0.248. The van der Waals surface area contributed by atoms with Crippen molar-refractivity contribution >= 4 is 48.5 Å². The zero-order valence-corrected chi connectivity index (χ0v) is 21.4. The molecule has 2 atom stereocenters. The summed E-state index contributed by atoms with van der Waals surface area (Å²) in [4.78, 5) is 34.2. The number of hydrogen-bond donors (Lipinski definition) is 1. The summed E-state index contributed by atoms with van der Waals surface area (Å²) >= 11 is 11.4. The monoisotopic (exact) mass is 618 g/mol. The SMILES string of the molecule is [B][C@](C(=O)NC1CCC(F)(F)CC1)(c1cncnc1)N(C(=O)[C@H](F)Cl)c1ccc(OC(F)(F)C(F)(F)F)cc1Cl. The summed E-state index contributed by atoms with van der Waals surface area (Å²) in [6, 6.07) is 0.748. The lowest BCUT2D eigenvalue weighted by Gasteiger charge is -2.42. The molecule has 0 bridgehead atoms. The van der Waals surface area contributed by atoms with Crippen LogP contribution in [0.3, 0.4) is 0 Å². The first-order valence-corrected chi connectivity index (χ1v) is 12.0. The third-order valence-electron chi connectivity index (χ3n) is 5.90. The lowest BCUT2D eigenvalue weighted by molar-refractivity contribution is -0.360. The molecule has 40 heavy (non-hydrogen) atoms. The van der Waals surface area contributed by atoms with Crippen molar-refractivity contribution in [1.29, 1.82) is 0 Å². The van der Waals surface area contributed by atoms with Crippen LogP contribution in [0.25, 0.3) is 0 Å². The van der Waals surface area contributed by atoms with Crippen molar-refractivity contribution in [2.75, 3.05) is 4.90 Å². The molecule has 1 aliphatic carbocycles. The molecule has 1 heterocycles. The highest BCUT2D eigenvalue weighted by Crippen LogP contribution is 2.42. The molecule has 0 unspecified atom stereocenters. The Labute approximate surface area is 232 Å². The van der Waals surface area contributed by atoms with Gasteiger partial charge in [0.15, 0.2) is 0 Å². The first kappa shape index (κ1) is 31.6. The number of halogens is 10. The van der Waals surface area contributed by atoms with Crippen molar-refractivity contribution < 1.29 is 49.4 Å². The number of ether oxygens (including phenoxy) is 1. The molecule has 1 aliphatic rings. The highest BCUT2D eigenvalue weighted by Gasteiger charge is 2.61. The first-order valence-electron chi connectivity index (χ1n) is 11.2. The van der Waals surface area contributed by atoms with Gasteiger partial charge in [-0.05, 0) is 25.0 Å². The van der Waals surface area contributed by atoms with Gasteiger partial charge in [-0.2, -0.15) is 22.0 Å². The van der Waals surface area contributed by atoms with Crippen LogP contribution < -0.4 is 15.0 Å². The topological polar surface area (TPSA) is 84.4 Å². The molecule has 216 valence electrons. The van der Waals surface area contributed by atoms with Crippen LogP contribution in [0.1, 0.15) is 31.2 Å². The van der Waals surface area contributed by atoms with Crippen molar-refractivity contribution in [3.63, 3.8) is 0 Å². The molecular formula is C22H17BCl2F8N4O3. The number of aromatic nitrogens is 2. The summed E-state index contributed by atoms with van der Waals surface area (Å²) in [5.74, 6) is -7.04. The molecule has 3 rings (SSSR count). The summed E-state index contributed by atoms with van der Waals surface area (Å²) in [6.45, 7) is 0. The molecule has 2 amide bonds. The van der Waals surface area contributed by atoms with Gasteiger partial charge in [0.2, 0.25) is 11.8 Å². The number of carbonyl (C=O) groups excluding carboxylic acids is 2. The molecule has 2 aromatic rings. The van der Waals surface area contributed by atoms with E-state index in [1.54, 1.807) is 0 Å². The standard InChI is InChI=1S/C22H17BCl2F8N4O3/c23-20(11-8-34-10-35-9-11,18(39)36-12-3-5-19(27,28)6-4-12)37(17(38)16(25)26)15-2-1-13(7-14(15)24)40-22(32,33)21(29,30)31/h1-2,7-10,12,16H,3-6H2,(H,36,39)/t16-,20+/m0/s1. The number of amides is 2. The molecular weight excluding hydrogens is 602 g/mol. The maximum absolute atomic E-state index is 14.2. The average molecular weight is 619 g/mol. The van der Waals surface area contributed by atoms with Crippen LogP contribution in [0.5, 0.6) is 5.75 Å². The fourth-order valence-electron chi connectivity index (χ4n) is 3.86. The van der Waals surface area contributed by atoms with Crippen LogP contribution in [0.4, 0.5) is 40.8 Å². The van der Waals surface area contributed by atoms with Crippen molar-refractivity contribution in [3.8, 4) is 5.75 Å². The molecule has 2 radical (unpaired) electrons. The van der Waals surface area contributed by atoms with Crippen LogP contribution in [-0.4, -0.2) is 59.5 Å². The molecule has 1 aromatic carbocycles. The molecule has 1 fully saturated rings. The lowest BCUT2D eigenvalue weighted by Crippen LogP contribution is -2.62. The van der Waals surface area contributed by atoms with Crippen LogP contribution in [-0.2, 0) is 15.0 Å². The summed E-state index contributed by atoms with van der Waals surface area (Å²) in [7, 11) is 6.40. The highest BCUT2D eigenvalue weighted by atomic mass is 35.5. The Bertz CT molecular complexity index is 1230. The zero-order valence-electron chi connectivity index (χ0n) is 19.9. The van der Waals surface area contributed by atoms with Crippen LogP contribution >= 0.6 is 23.2 Å². The second-order valence-electron chi connectivity index (χ2n) is 8.70. The highest BCUT2D eigenvalue weighted by molar-refractivity contribution is 6.40. The molecule has 1 saturated carbocycles. The van der Waals surface area contributed by atoms with Gasteiger partial charge in [-0.3, -0.25) is 14.5 Å². The Morgan fingerprint density at radius 3 is 2.20 bits per heavy atom. The Morgan fingerprint density at radius 1 is 1.12 bits per heavy atom. The average Bonchev–Trinajstić information content (AvgIpc) is 2.86. The minimum Gasteiger partial charge on any atom is -0.426 e. The van der Waals surface area contributed by atoms with Gasteiger partial charge < -0.3 is 10.1 Å². The van der Waals surface area contributed by atoms with E-state index in [0.717, 1.165) is 18.7 Å². The van der Waals surface area contributed by atoms with E-state index in [4.69, 9.17) is 31.0 Å². The van der Waals surface area contributed by atoms with Gasteiger partial charge >= 0.3 is 12.3 Å². The van der Waals surface area contributed by atoms with Gasteiger partial charge in [0.25, 0.3) is 11.5 Å². The molecule has 1 aromatic heterocycles. The lowest BCUT2D eigenvalue weighted by atomic mass is 9.69. The van der Waals surface area contributed by atoms with E-state index in [1.165, 1.54) is 0 Å². The van der Waals surface area contributed by atoms with E-state index in [2.05, 4.69) is 20.0 Å². The molecule has 18 heteroatoms. The third kappa shape index (κ3) is 6.70. The van der Waals surface area contributed by atoms with Gasteiger partial charge in [-0.15, -0.1) is 0 Å². The number of alkyl halides is 9. The number of nitrogens with zero attached hydrogens (tertiary/aromatic N) is 3. The molecule has 0 aliphatic heterocycles. The summed E-state index contributed by atoms with van der Waals surface area (Å²) in [5.41, 5.74) is -6.71. The minimum absolute atomic E-state index is 0.185. The minimum atomic E-state index is -6.10. The second-order valence-corrected chi connectivity index (χ2v) is 9.49. The zero-order chi connectivity index (χ0) is 30.1. The maximum Gasteiger partial charge on any atom is 0.499 e. The van der Waals surface area contributed by atoms with Crippen LogP contribution in [0.2, 0.25) is 5.02 Å². The Balaban J connectivity index is 2.09. The number of carbonyl (C=O) groups is 2. The number of hydrogen-bond acceptors (Lipinski definition) is 5. The summed E-state index contributed by atoms with van der Waals surface area (Å²) in [5, 5.41) is 1.62. The van der Waals surface area contributed by atoms with Crippen LogP contribution in [0, 0.1) is 0 Å². The predicted molar refractivity (Wildman–Crippen MR) is 126 cm³/mol. The normalized spacial score (nSPS) is 18.4. The van der Waals surface area contributed by atoms with E-state index in [1.807, 2.05) is 0 Å². The largest absolute Gasteiger partial charge is 0.499 e. The van der Waals surface area contributed by atoms with Gasteiger partial charge in [0, 0.05) is 42.9 Å². The maximum atomic E-state index is 14.2. The number of rotatable bonds is 8. The first-order chi connectivity index (χ1) is 18.4. The molecule has 1 N–H and O–H groups in total. The van der Waals surface area contributed by atoms with E-state index in [-0.39, 0.29) is 23.3 Å². The summed E-state index contributed by atoms with van der Waals surface area (Å²) < 4.78 is 110. The van der Waals surface area contributed by atoms with Crippen LogP contribution in [0.15, 0.2) is 36.9 Å². The van der Waals surface area contributed by atoms with Gasteiger partial charge in [0.05, 0.1) is 10.7 Å². The van der Waals surface area contributed by atoms with Crippen molar-refractivity contribution in [2.45, 2.75) is 61.0 Å². The fraction of sp³-hybridized carbons (Fsp3) is 0.455. The van der Waals surface area contributed by atoms with E-state index in [0.29, 0.717) is 18.2 Å². The third-order valence-corrected chi connectivity index (χ3v) is 6.38. The Kier molecular flexibility index (Phi) is 9.14. The van der Waals surface area contributed by atoms with E-state index >= 15 is 0 Å². The molecule has 0 saturated heterocycles. The number of nitrogens with one attached hydrogen (secondary N) is 1. The van der Waals surface area contributed by atoms with Crippen molar-refractivity contribution in [1.82, 2.24) is 15.3 Å². The van der Waals surface area contributed by atoms with Gasteiger partial charge in [0.1, 0.15) is 25.4 Å². The van der Waals surface area contributed by atoms with Gasteiger partial charge in [-0.1, -0.05) is 23.2 Å². The fourth-order valence-corrected chi connectivity index (χ4v) is 4.21. The Hall–Kier alpha value is -2.88. The molecule has 7 nitrogen and oxygen atoms in total. The molecule has 0 spiro atoms. The Morgan fingerprint density at radius 2 is 1.70 bits per heavy atom.